The summed E-state index contributed by atoms with van der Waals surface area (Å²) in [6, 6.07) is 14.7. The van der Waals surface area contributed by atoms with Crippen LogP contribution in [0.2, 0.25) is 0 Å². The van der Waals surface area contributed by atoms with Crippen molar-refractivity contribution in [2.75, 3.05) is 5.06 Å². The molecule has 0 spiro atoms. The molecule has 0 atom stereocenters. The summed E-state index contributed by atoms with van der Waals surface area (Å²) >= 11 is 0. The van der Waals surface area contributed by atoms with Gasteiger partial charge in [-0.1, -0.05) is 30.3 Å². The lowest BCUT2D eigenvalue weighted by molar-refractivity contribution is 0.167. The number of anilines is 1. The summed E-state index contributed by atoms with van der Waals surface area (Å²) in [5.74, 6) is 0.637. The maximum Gasteiger partial charge on any atom is 0.445 e. The first-order valence-corrected chi connectivity index (χ1v) is 7.12. The van der Waals surface area contributed by atoms with Crippen molar-refractivity contribution in [1.29, 1.82) is 0 Å². The summed E-state index contributed by atoms with van der Waals surface area (Å²) in [6.45, 7) is 0. The lowest BCUT2D eigenvalue weighted by Crippen LogP contribution is -2.33. The molecule has 4 heteroatoms. The Morgan fingerprint density at radius 1 is 1.00 bits per heavy atom. The van der Waals surface area contributed by atoms with Gasteiger partial charge in [0.1, 0.15) is 0 Å². The van der Waals surface area contributed by atoms with Crippen LogP contribution in [-0.4, -0.2) is 11.2 Å². The number of hydrogen-bond acceptors (Lipinski definition) is 2. The van der Waals surface area contributed by atoms with Crippen molar-refractivity contribution >= 4 is 11.8 Å². The average Bonchev–Trinajstić information content (AvgIpc) is 2.53. The van der Waals surface area contributed by atoms with Crippen molar-refractivity contribution in [2.45, 2.75) is 25.7 Å². The summed E-state index contributed by atoms with van der Waals surface area (Å²) in [5, 5.41) is 10.3. The molecule has 1 amide bonds. The van der Waals surface area contributed by atoms with Gasteiger partial charge in [-0.3, -0.25) is 0 Å². The highest BCUT2D eigenvalue weighted by Crippen LogP contribution is 2.31. The van der Waals surface area contributed by atoms with Crippen LogP contribution in [0, 0.1) is 0 Å². The number of nitrogens with zero attached hydrogens (tertiary/aromatic N) is 1. The van der Waals surface area contributed by atoms with E-state index in [0.717, 1.165) is 29.9 Å². The second kappa shape index (κ2) is 5.87. The molecular weight excluding hydrogens is 266 g/mol. The summed E-state index contributed by atoms with van der Waals surface area (Å²) < 4.78 is 0. The number of hydrogen-bond donors (Lipinski definition) is 1. The monoisotopic (exact) mass is 283 g/mol. The van der Waals surface area contributed by atoms with E-state index in [1.54, 1.807) is 24.3 Å². The number of aryl methyl sites for hydroxylation is 1. The van der Waals surface area contributed by atoms with E-state index in [1.807, 2.05) is 18.2 Å². The van der Waals surface area contributed by atoms with Gasteiger partial charge in [-0.15, -0.1) is 5.06 Å². The molecule has 1 aliphatic rings. The molecular formula is C17H17NO3. The Kier molecular flexibility index (Phi) is 3.77. The molecule has 0 heterocycles. The van der Waals surface area contributed by atoms with E-state index in [9.17, 15) is 9.90 Å². The van der Waals surface area contributed by atoms with Gasteiger partial charge in [0.25, 0.3) is 0 Å². The Balaban J connectivity index is 1.92. The second-order valence-corrected chi connectivity index (χ2v) is 5.10. The van der Waals surface area contributed by atoms with Gasteiger partial charge in [0.15, 0.2) is 5.75 Å². The maximum atomic E-state index is 11.5. The molecule has 1 aliphatic carbocycles. The lowest BCUT2D eigenvalue weighted by atomic mass is 9.91. The molecule has 0 aromatic heterocycles. The van der Waals surface area contributed by atoms with E-state index in [2.05, 4.69) is 6.07 Å². The smallest absolute Gasteiger partial charge is 0.445 e. The first-order valence-electron chi connectivity index (χ1n) is 7.12. The molecule has 0 radical (unpaired) electrons. The molecule has 2 aromatic carbocycles. The van der Waals surface area contributed by atoms with Crippen molar-refractivity contribution in [3.05, 3.63) is 59.7 Å². The largest absolute Gasteiger partial charge is 0.463 e. The number of amides is 1. The molecule has 0 fully saturated rings. The normalized spacial score (nSPS) is 13.3. The zero-order valence-electron chi connectivity index (χ0n) is 11.7. The molecule has 2 aromatic rings. The van der Waals surface area contributed by atoms with E-state index >= 15 is 0 Å². The molecule has 0 saturated carbocycles. The Morgan fingerprint density at radius 3 is 2.52 bits per heavy atom. The number of fused-ring (bicyclic) bond motifs is 1. The van der Waals surface area contributed by atoms with Gasteiger partial charge in [0.2, 0.25) is 0 Å². The lowest BCUT2D eigenvalue weighted by Gasteiger charge is -2.23. The van der Waals surface area contributed by atoms with Gasteiger partial charge in [-0.05, 0) is 49.4 Å². The minimum Gasteiger partial charge on any atom is -0.463 e. The minimum absolute atomic E-state index is 0.499. The molecule has 0 bridgehead atoms. The van der Waals surface area contributed by atoms with E-state index in [0.29, 0.717) is 11.4 Å². The minimum atomic E-state index is -1.13. The Morgan fingerprint density at radius 2 is 1.76 bits per heavy atom. The van der Waals surface area contributed by atoms with Crippen molar-refractivity contribution in [3.63, 3.8) is 0 Å². The van der Waals surface area contributed by atoms with Gasteiger partial charge in [0, 0.05) is 5.56 Å². The highest BCUT2D eigenvalue weighted by atomic mass is 16.7. The predicted molar refractivity (Wildman–Crippen MR) is 80.7 cm³/mol. The second-order valence-electron chi connectivity index (χ2n) is 5.10. The van der Waals surface area contributed by atoms with Crippen molar-refractivity contribution in [2.24, 2.45) is 0 Å². The highest BCUT2D eigenvalue weighted by Gasteiger charge is 2.20. The van der Waals surface area contributed by atoms with Crippen LogP contribution in [0.3, 0.4) is 0 Å². The molecule has 1 N–H and O–H groups in total. The van der Waals surface area contributed by atoms with E-state index in [-0.39, 0.29) is 0 Å². The van der Waals surface area contributed by atoms with Crippen LogP contribution in [0.4, 0.5) is 10.5 Å². The van der Waals surface area contributed by atoms with Crippen LogP contribution in [0.15, 0.2) is 48.5 Å². The molecule has 4 nitrogen and oxygen atoms in total. The van der Waals surface area contributed by atoms with Crippen molar-refractivity contribution < 1.29 is 14.7 Å². The van der Waals surface area contributed by atoms with Crippen LogP contribution in [-0.2, 0) is 12.8 Å². The third-order valence-corrected chi connectivity index (χ3v) is 3.71. The molecule has 0 saturated heterocycles. The fourth-order valence-corrected chi connectivity index (χ4v) is 2.70. The Bertz CT molecular complexity index is 640. The number of benzene rings is 2. The molecule has 3 rings (SSSR count). The van der Waals surface area contributed by atoms with Crippen molar-refractivity contribution in [3.8, 4) is 5.75 Å². The van der Waals surface area contributed by atoms with Gasteiger partial charge in [0.05, 0.1) is 5.69 Å². The van der Waals surface area contributed by atoms with Gasteiger partial charge in [-0.2, -0.15) is 0 Å². The van der Waals surface area contributed by atoms with E-state index in [4.69, 9.17) is 4.84 Å². The van der Waals surface area contributed by atoms with Crippen LogP contribution < -0.4 is 9.90 Å². The first-order chi connectivity index (χ1) is 10.3. The Hall–Kier alpha value is -2.49. The predicted octanol–water partition coefficient (Wildman–Crippen LogP) is 4.04. The van der Waals surface area contributed by atoms with Gasteiger partial charge < -0.3 is 9.94 Å². The van der Waals surface area contributed by atoms with E-state index in [1.165, 1.54) is 12.0 Å². The van der Waals surface area contributed by atoms with Crippen LogP contribution in [0.5, 0.6) is 5.75 Å². The third kappa shape index (κ3) is 2.84. The molecule has 0 unspecified atom stereocenters. The standard InChI is InChI=1S/C17H17NO3/c19-17(20)18(14-9-2-1-3-10-14)21-16-12-6-8-13-7-4-5-11-15(13)16/h1-3,6,8-10,12H,4-5,7,11H2,(H,19,20). The van der Waals surface area contributed by atoms with Crippen LogP contribution in [0.1, 0.15) is 24.0 Å². The summed E-state index contributed by atoms with van der Waals surface area (Å²) in [5.41, 5.74) is 2.89. The zero-order valence-corrected chi connectivity index (χ0v) is 11.7. The zero-order chi connectivity index (χ0) is 14.7. The average molecular weight is 283 g/mol. The van der Waals surface area contributed by atoms with E-state index < -0.39 is 6.09 Å². The number of rotatable bonds is 3. The Labute approximate surface area is 123 Å². The number of carbonyl (C=O) groups is 1. The SMILES string of the molecule is O=C(O)N(Oc1cccc2c1CCCC2)c1ccccc1. The van der Waals surface area contributed by atoms with Crippen molar-refractivity contribution in [1.82, 2.24) is 0 Å². The highest BCUT2D eigenvalue weighted by molar-refractivity contribution is 5.84. The fraction of sp³-hybridized carbons (Fsp3) is 0.235. The number of hydroxylamine groups is 1. The molecule has 0 aliphatic heterocycles. The number of para-hydroxylation sites is 1. The molecule has 21 heavy (non-hydrogen) atoms. The maximum absolute atomic E-state index is 11.5. The molecule has 108 valence electrons. The topological polar surface area (TPSA) is 49.8 Å². The third-order valence-electron chi connectivity index (χ3n) is 3.71. The van der Waals surface area contributed by atoms with Crippen LogP contribution in [0.25, 0.3) is 0 Å². The summed E-state index contributed by atoms with van der Waals surface area (Å²) in [6.07, 6.45) is 3.14. The fourth-order valence-electron chi connectivity index (χ4n) is 2.70. The summed E-state index contributed by atoms with van der Waals surface area (Å²) in [7, 11) is 0. The quantitative estimate of drug-likeness (QED) is 0.865. The number of carboxylic acid groups (broad SMARTS) is 1. The first kappa shape index (κ1) is 13.5. The summed E-state index contributed by atoms with van der Waals surface area (Å²) in [4.78, 5) is 17.2. The van der Waals surface area contributed by atoms with Gasteiger partial charge in [-0.25, -0.2) is 4.79 Å². The van der Waals surface area contributed by atoms with Gasteiger partial charge >= 0.3 is 6.09 Å². The van der Waals surface area contributed by atoms with Crippen LogP contribution >= 0.6 is 0 Å².